The highest BCUT2D eigenvalue weighted by Crippen LogP contribution is 2.43. The fourth-order valence-electron chi connectivity index (χ4n) is 4.03. The van der Waals surface area contributed by atoms with Crippen molar-refractivity contribution in [3.8, 4) is 5.75 Å². The predicted octanol–water partition coefficient (Wildman–Crippen LogP) is 6.55. The first-order valence-corrected chi connectivity index (χ1v) is 11.1. The summed E-state index contributed by atoms with van der Waals surface area (Å²) in [6.07, 6.45) is -2.72. The van der Waals surface area contributed by atoms with Crippen LogP contribution in [0, 0.1) is 0 Å². The molecular weight excluding hydrogens is 499 g/mol. The number of likely N-dealkylation sites (tertiary alicyclic amines) is 1. The van der Waals surface area contributed by atoms with Crippen LogP contribution in [0.1, 0.15) is 48.9 Å². The molecule has 0 saturated carbocycles. The van der Waals surface area contributed by atoms with E-state index in [-0.39, 0.29) is 0 Å². The maximum atomic E-state index is 13.6. The largest absolute Gasteiger partial charge is 0.494 e. The van der Waals surface area contributed by atoms with Crippen molar-refractivity contribution in [1.82, 2.24) is 4.90 Å². The van der Waals surface area contributed by atoms with E-state index in [1.54, 1.807) is 23.1 Å². The normalized spacial score (nSPS) is 18.6. The Kier molecular flexibility index (Phi) is 7.55. The standard InChI is InChI=1S/C22H22BrClF3NO3/c1-2-31-19-9-7-14(23)12-15(19)20(28-10-4-3-5-18(28)21(29)30)13-6-8-17(24)16(11-13)22(25,26)27/h6-9,11-12,18,20H,2-5,10H2,1H3,(H,29,30). The lowest BCUT2D eigenvalue weighted by molar-refractivity contribution is -0.145. The summed E-state index contributed by atoms with van der Waals surface area (Å²) in [5, 5.41) is 9.42. The van der Waals surface area contributed by atoms with E-state index in [1.165, 1.54) is 12.1 Å². The number of carboxylic acids is 1. The number of carboxylic acid groups (broad SMARTS) is 1. The van der Waals surface area contributed by atoms with Gasteiger partial charge in [0.05, 0.1) is 23.2 Å². The van der Waals surface area contributed by atoms with Gasteiger partial charge in [0.1, 0.15) is 11.8 Å². The predicted molar refractivity (Wildman–Crippen MR) is 116 cm³/mol. The van der Waals surface area contributed by atoms with Gasteiger partial charge in [0.25, 0.3) is 0 Å². The molecule has 1 fully saturated rings. The van der Waals surface area contributed by atoms with Crippen LogP contribution in [0.3, 0.4) is 0 Å². The summed E-state index contributed by atoms with van der Waals surface area (Å²) < 4.78 is 47.2. The van der Waals surface area contributed by atoms with Crippen LogP contribution in [0.25, 0.3) is 0 Å². The number of alkyl halides is 3. The maximum Gasteiger partial charge on any atom is 0.417 e. The number of carbonyl (C=O) groups is 1. The van der Waals surface area contributed by atoms with Crippen LogP contribution in [0.2, 0.25) is 5.02 Å². The van der Waals surface area contributed by atoms with Gasteiger partial charge in [-0.3, -0.25) is 9.69 Å². The number of nitrogens with zero attached hydrogens (tertiary/aromatic N) is 1. The lowest BCUT2D eigenvalue weighted by Gasteiger charge is -2.40. The van der Waals surface area contributed by atoms with Gasteiger partial charge in [-0.25, -0.2) is 0 Å². The molecule has 2 atom stereocenters. The Morgan fingerprint density at radius 2 is 2.03 bits per heavy atom. The minimum absolute atomic E-state index is 0.309. The molecule has 0 spiro atoms. The van der Waals surface area contributed by atoms with Crippen molar-refractivity contribution in [2.24, 2.45) is 0 Å². The zero-order valence-electron chi connectivity index (χ0n) is 16.8. The van der Waals surface area contributed by atoms with Gasteiger partial charge < -0.3 is 9.84 Å². The van der Waals surface area contributed by atoms with Gasteiger partial charge in [-0.1, -0.05) is 40.0 Å². The molecule has 2 aromatic rings. The third kappa shape index (κ3) is 5.35. The Balaban J connectivity index is 2.24. The molecule has 0 amide bonds. The van der Waals surface area contributed by atoms with E-state index >= 15 is 0 Å². The molecule has 168 valence electrons. The van der Waals surface area contributed by atoms with Gasteiger partial charge in [0.2, 0.25) is 0 Å². The summed E-state index contributed by atoms with van der Waals surface area (Å²) in [6.45, 7) is 2.60. The van der Waals surface area contributed by atoms with E-state index in [0.717, 1.165) is 18.9 Å². The summed E-state index contributed by atoms with van der Waals surface area (Å²) >= 11 is 9.27. The van der Waals surface area contributed by atoms with Crippen molar-refractivity contribution in [3.05, 3.63) is 62.6 Å². The summed E-state index contributed by atoms with van der Waals surface area (Å²) in [6, 6.07) is 7.45. The molecule has 0 aromatic heterocycles. The Bertz CT molecular complexity index is 954. The number of benzene rings is 2. The molecule has 2 unspecified atom stereocenters. The zero-order valence-corrected chi connectivity index (χ0v) is 19.1. The number of aliphatic carboxylic acids is 1. The molecule has 1 aliphatic heterocycles. The van der Waals surface area contributed by atoms with E-state index in [1.807, 2.05) is 6.92 Å². The van der Waals surface area contributed by atoms with Gasteiger partial charge in [-0.05, 0) is 62.2 Å². The average molecular weight is 521 g/mol. The number of piperidine rings is 1. The third-order valence-corrected chi connectivity index (χ3v) is 6.16. The van der Waals surface area contributed by atoms with Gasteiger partial charge >= 0.3 is 12.1 Å². The first kappa shape index (κ1) is 23.9. The topological polar surface area (TPSA) is 49.8 Å². The molecule has 1 N–H and O–H groups in total. The second-order valence-electron chi connectivity index (χ2n) is 7.34. The maximum absolute atomic E-state index is 13.6. The van der Waals surface area contributed by atoms with Gasteiger partial charge in [-0.15, -0.1) is 0 Å². The van der Waals surface area contributed by atoms with E-state index in [4.69, 9.17) is 16.3 Å². The average Bonchev–Trinajstić information content (AvgIpc) is 2.71. The minimum atomic E-state index is -4.63. The Labute approximate surface area is 192 Å². The molecule has 1 aliphatic rings. The van der Waals surface area contributed by atoms with Crippen LogP contribution in [0.4, 0.5) is 13.2 Å². The first-order valence-electron chi connectivity index (χ1n) is 9.91. The van der Waals surface area contributed by atoms with Crippen LogP contribution in [0.15, 0.2) is 40.9 Å². The molecule has 3 rings (SSSR count). The summed E-state index contributed by atoms with van der Waals surface area (Å²) in [4.78, 5) is 13.8. The van der Waals surface area contributed by atoms with Crippen molar-refractivity contribution in [2.45, 2.75) is 44.4 Å². The zero-order chi connectivity index (χ0) is 22.8. The van der Waals surface area contributed by atoms with Crippen molar-refractivity contribution in [3.63, 3.8) is 0 Å². The molecule has 1 saturated heterocycles. The van der Waals surface area contributed by atoms with E-state index in [2.05, 4.69) is 15.9 Å². The van der Waals surface area contributed by atoms with Crippen LogP contribution >= 0.6 is 27.5 Å². The van der Waals surface area contributed by atoms with Gasteiger partial charge in [-0.2, -0.15) is 13.2 Å². The minimum Gasteiger partial charge on any atom is -0.494 e. The Morgan fingerprint density at radius 3 is 2.68 bits per heavy atom. The molecule has 9 heteroatoms. The SMILES string of the molecule is CCOc1ccc(Br)cc1C(c1ccc(Cl)c(C(F)(F)F)c1)N1CCCCC1C(=O)O. The third-order valence-electron chi connectivity index (χ3n) is 5.34. The fraction of sp³-hybridized carbons (Fsp3) is 0.409. The molecule has 1 heterocycles. The van der Waals surface area contributed by atoms with Crippen LogP contribution < -0.4 is 4.74 Å². The number of hydrogen-bond acceptors (Lipinski definition) is 3. The summed E-state index contributed by atoms with van der Waals surface area (Å²) in [5.74, 6) is -0.503. The monoisotopic (exact) mass is 519 g/mol. The lowest BCUT2D eigenvalue weighted by Crippen LogP contribution is -2.47. The van der Waals surface area contributed by atoms with Crippen LogP contribution in [-0.2, 0) is 11.0 Å². The second-order valence-corrected chi connectivity index (χ2v) is 8.67. The van der Waals surface area contributed by atoms with Gasteiger partial charge in [0, 0.05) is 10.0 Å². The fourth-order valence-corrected chi connectivity index (χ4v) is 4.63. The molecule has 4 nitrogen and oxygen atoms in total. The quantitative estimate of drug-likeness (QED) is 0.469. The molecule has 2 aromatic carbocycles. The molecule has 0 bridgehead atoms. The highest BCUT2D eigenvalue weighted by atomic mass is 79.9. The first-order chi connectivity index (χ1) is 14.6. The van der Waals surface area contributed by atoms with Gasteiger partial charge in [0.15, 0.2) is 0 Å². The number of rotatable bonds is 6. The highest BCUT2D eigenvalue weighted by molar-refractivity contribution is 9.10. The van der Waals surface area contributed by atoms with Crippen molar-refractivity contribution >= 4 is 33.5 Å². The van der Waals surface area contributed by atoms with Crippen molar-refractivity contribution < 1.29 is 27.8 Å². The summed E-state index contributed by atoms with van der Waals surface area (Å²) in [5.41, 5.74) is -0.0442. The van der Waals surface area contributed by atoms with E-state index in [9.17, 15) is 23.1 Å². The van der Waals surface area contributed by atoms with Crippen molar-refractivity contribution in [2.75, 3.05) is 13.2 Å². The Hall–Kier alpha value is -1.77. The van der Waals surface area contributed by atoms with Crippen molar-refractivity contribution in [1.29, 1.82) is 0 Å². The lowest BCUT2D eigenvalue weighted by atomic mass is 9.90. The van der Waals surface area contributed by atoms with E-state index < -0.39 is 34.8 Å². The number of halogens is 5. The van der Waals surface area contributed by atoms with E-state index in [0.29, 0.717) is 40.9 Å². The molecule has 31 heavy (non-hydrogen) atoms. The molecular formula is C22H22BrClF3NO3. The second kappa shape index (κ2) is 9.79. The number of hydrogen-bond donors (Lipinski definition) is 1. The number of ether oxygens (including phenoxy) is 1. The smallest absolute Gasteiger partial charge is 0.417 e. The molecule has 0 aliphatic carbocycles. The Morgan fingerprint density at radius 1 is 1.29 bits per heavy atom. The summed E-state index contributed by atoms with van der Waals surface area (Å²) in [7, 11) is 0. The molecule has 0 radical (unpaired) electrons. The highest BCUT2D eigenvalue weighted by Gasteiger charge is 2.39. The van der Waals surface area contributed by atoms with Crippen LogP contribution in [0.5, 0.6) is 5.75 Å². The van der Waals surface area contributed by atoms with Crippen LogP contribution in [-0.4, -0.2) is 35.2 Å².